The zero-order chi connectivity index (χ0) is 16.7. The lowest BCUT2D eigenvalue weighted by molar-refractivity contribution is -0.00302. The molecule has 0 spiro atoms. The van der Waals surface area contributed by atoms with Gasteiger partial charge in [-0.3, -0.25) is 14.6 Å². The molecule has 0 aromatic carbocycles. The molecule has 1 aliphatic carbocycles. The van der Waals surface area contributed by atoms with E-state index in [9.17, 15) is 4.79 Å². The van der Waals surface area contributed by atoms with Gasteiger partial charge in [0.05, 0.1) is 42.8 Å². The fourth-order valence-electron chi connectivity index (χ4n) is 3.60. The Morgan fingerprint density at radius 3 is 2.88 bits per heavy atom. The summed E-state index contributed by atoms with van der Waals surface area (Å²) >= 11 is 0. The van der Waals surface area contributed by atoms with Crippen molar-refractivity contribution in [2.45, 2.75) is 45.2 Å². The quantitative estimate of drug-likeness (QED) is 0.936. The number of hydrogen-bond acceptors (Lipinski definition) is 4. The van der Waals surface area contributed by atoms with Crippen molar-refractivity contribution in [3.8, 4) is 0 Å². The lowest BCUT2D eigenvalue weighted by Gasteiger charge is -2.35. The fraction of sp³-hybridized carbons (Fsp3) is 0.588. The summed E-state index contributed by atoms with van der Waals surface area (Å²) in [6, 6.07) is 0.363. The number of rotatable bonds is 3. The van der Waals surface area contributed by atoms with Crippen LogP contribution >= 0.6 is 0 Å². The molecule has 7 nitrogen and oxygen atoms in total. The minimum absolute atomic E-state index is 0.0221. The van der Waals surface area contributed by atoms with Crippen molar-refractivity contribution in [1.82, 2.24) is 24.9 Å². The van der Waals surface area contributed by atoms with Gasteiger partial charge in [0.25, 0.3) is 5.91 Å². The zero-order valence-corrected chi connectivity index (χ0v) is 14.2. The lowest BCUT2D eigenvalue weighted by atomic mass is 9.93. The number of carbonyl (C=O) groups is 1. The average molecular weight is 329 g/mol. The Balaban J connectivity index is 1.60. The molecule has 4 rings (SSSR count). The van der Waals surface area contributed by atoms with Gasteiger partial charge in [-0.25, -0.2) is 0 Å². The van der Waals surface area contributed by atoms with Crippen molar-refractivity contribution in [3.05, 3.63) is 34.9 Å². The molecule has 0 radical (unpaired) electrons. The van der Waals surface area contributed by atoms with E-state index in [-0.39, 0.29) is 11.9 Å². The summed E-state index contributed by atoms with van der Waals surface area (Å²) in [6.07, 6.45) is 7.15. The Morgan fingerprint density at radius 2 is 2.21 bits per heavy atom. The van der Waals surface area contributed by atoms with Crippen LogP contribution in [0.1, 0.15) is 58.7 Å². The number of carbonyl (C=O) groups excluding carboxylic acids is 1. The third-order valence-corrected chi connectivity index (χ3v) is 5.20. The third-order valence-electron chi connectivity index (χ3n) is 5.20. The fourth-order valence-corrected chi connectivity index (χ4v) is 3.60. The molecule has 1 saturated carbocycles. The first-order valence-corrected chi connectivity index (χ1v) is 8.59. The van der Waals surface area contributed by atoms with E-state index in [2.05, 4.69) is 15.3 Å². The van der Waals surface area contributed by atoms with Crippen molar-refractivity contribution in [2.75, 3.05) is 19.8 Å². The Hall–Kier alpha value is -2.15. The Morgan fingerprint density at radius 1 is 1.38 bits per heavy atom. The standard InChI is InChI=1S/C17H23N5O2/c1-11-16(12(2)20-19-11)15-10-24-7-6-21(15)17(23)13-8-18-22(9-13)14-4-3-5-14/h8-9,14-15H,3-7,10H2,1-2H3,(H,19,20). The SMILES string of the molecule is Cc1n[nH]c(C)c1C1COCCN1C(=O)c1cnn(C2CCC2)c1. The van der Waals surface area contributed by atoms with Crippen LogP contribution in [0.15, 0.2) is 12.4 Å². The first-order chi connectivity index (χ1) is 11.6. The first kappa shape index (κ1) is 15.4. The monoisotopic (exact) mass is 329 g/mol. The second-order valence-corrected chi connectivity index (χ2v) is 6.73. The summed E-state index contributed by atoms with van der Waals surface area (Å²) in [7, 11) is 0. The van der Waals surface area contributed by atoms with Gasteiger partial charge in [0.2, 0.25) is 0 Å². The lowest BCUT2D eigenvalue weighted by Crippen LogP contribution is -2.43. The summed E-state index contributed by atoms with van der Waals surface area (Å²) < 4.78 is 7.59. The number of morpholine rings is 1. The molecular weight excluding hydrogens is 306 g/mol. The molecule has 1 amide bonds. The molecular formula is C17H23N5O2. The van der Waals surface area contributed by atoms with Gasteiger partial charge < -0.3 is 9.64 Å². The Bertz CT molecular complexity index is 726. The normalized spacial score (nSPS) is 21.8. The maximum atomic E-state index is 13.1. The number of aryl methyl sites for hydroxylation is 2. The minimum atomic E-state index is -0.1000. The second-order valence-electron chi connectivity index (χ2n) is 6.73. The van der Waals surface area contributed by atoms with Crippen LogP contribution in [0.4, 0.5) is 0 Å². The molecule has 1 N–H and O–H groups in total. The number of aromatic nitrogens is 4. The van der Waals surface area contributed by atoms with Crippen LogP contribution in [0.3, 0.4) is 0 Å². The van der Waals surface area contributed by atoms with E-state index in [1.807, 2.05) is 29.6 Å². The van der Waals surface area contributed by atoms with Crippen LogP contribution in [-0.4, -0.2) is 50.5 Å². The van der Waals surface area contributed by atoms with E-state index in [0.29, 0.717) is 31.4 Å². The molecule has 2 fully saturated rings. The van der Waals surface area contributed by atoms with Gasteiger partial charge in [-0.2, -0.15) is 10.2 Å². The number of aromatic amines is 1. The van der Waals surface area contributed by atoms with Crippen LogP contribution in [0, 0.1) is 13.8 Å². The average Bonchev–Trinajstić information content (AvgIpc) is 3.13. The van der Waals surface area contributed by atoms with E-state index < -0.39 is 0 Å². The van der Waals surface area contributed by atoms with E-state index in [1.165, 1.54) is 6.42 Å². The topological polar surface area (TPSA) is 76.0 Å². The highest BCUT2D eigenvalue weighted by molar-refractivity contribution is 5.94. The van der Waals surface area contributed by atoms with Gasteiger partial charge >= 0.3 is 0 Å². The molecule has 2 aromatic rings. The van der Waals surface area contributed by atoms with Gasteiger partial charge in [0.1, 0.15) is 0 Å². The highest BCUT2D eigenvalue weighted by atomic mass is 16.5. The van der Waals surface area contributed by atoms with Crippen molar-refractivity contribution in [3.63, 3.8) is 0 Å². The number of hydrogen-bond donors (Lipinski definition) is 1. The summed E-state index contributed by atoms with van der Waals surface area (Å²) in [5.74, 6) is 0.0221. The summed E-state index contributed by atoms with van der Waals surface area (Å²) in [4.78, 5) is 15.0. The van der Waals surface area contributed by atoms with Crippen LogP contribution < -0.4 is 0 Å². The zero-order valence-electron chi connectivity index (χ0n) is 14.2. The number of ether oxygens (including phenoxy) is 1. The molecule has 7 heteroatoms. The molecule has 128 valence electrons. The van der Waals surface area contributed by atoms with E-state index in [0.717, 1.165) is 29.8 Å². The molecule has 3 heterocycles. The highest BCUT2D eigenvalue weighted by Crippen LogP contribution is 2.32. The van der Waals surface area contributed by atoms with E-state index in [1.54, 1.807) is 6.20 Å². The van der Waals surface area contributed by atoms with Gasteiger partial charge in [0, 0.05) is 24.0 Å². The number of H-pyrrole nitrogens is 1. The van der Waals surface area contributed by atoms with Crippen LogP contribution in [0.2, 0.25) is 0 Å². The summed E-state index contributed by atoms with van der Waals surface area (Å²) in [5, 5.41) is 11.7. The maximum Gasteiger partial charge on any atom is 0.257 e. The minimum Gasteiger partial charge on any atom is -0.377 e. The van der Waals surface area contributed by atoms with Crippen molar-refractivity contribution >= 4 is 5.91 Å². The molecule has 0 bridgehead atoms. The largest absolute Gasteiger partial charge is 0.377 e. The number of nitrogens with zero attached hydrogens (tertiary/aromatic N) is 4. The van der Waals surface area contributed by atoms with Crippen molar-refractivity contribution in [2.24, 2.45) is 0 Å². The van der Waals surface area contributed by atoms with Crippen molar-refractivity contribution in [1.29, 1.82) is 0 Å². The van der Waals surface area contributed by atoms with Gasteiger partial charge in [0.15, 0.2) is 0 Å². The summed E-state index contributed by atoms with van der Waals surface area (Å²) in [6.45, 7) is 5.60. The van der Waals surface area contributed by atoms with Gasteiger partial charge in [-0.05, 0) is 33.1 Å². The van der Waals surface area contributed by atoms with Crippen LogP contribution in [0.5, 0.6) is 0 Å². The number of amides is 1. The highest BCUT2D eigenvalue weighted by Gasteiger charge is 2.33. The third kappa shape index (κ3) is 2.53. The van der Waals surface area contributed by atoms with Gasteiger partial charge in [-0.15, -0.1) is 0 Å². The maximum absolute atomic E-state index is 13.1. The molecule has 2 aliphatic rings. The smallest absolute Gasteiger partial charge is 0.257 e. The summed E-state index contributed by atoms with van der Waals surface area (Å²) in [5.41, 5.74) is 3.64. The van der Waals surface area contributed by atoms with Crippen LogP contribution in [-0.2, 0) is 4.74 Å². The van der Waals surface area contributed by atoms with Crippen molar-refractivity contribution < 1.29 is 9.53 Å². The Kier molecular flexibility index (Phi) is 3.88. The molecule has 24 heavy (non-hydrogen) atoms. The Labute approximate surface area is 141 Å². The first-order valence-electron chi connectivity index (χ1n) is 8.59. The molecule has 1 saturated heterocycles. The predicted molar refractivity (Wildman–Crippen MR) is 87.8 cm³/mol. The molecule has 2 aromatic heterocycles. The predicted octanol–water partition coefficient (Wildman–Crippen LogP) is 2.16. The van der Waals surface area contributed by atoms with E-state index in [4.69, 9.17) is 4.74 Å². The number of nitrogens with one attached hydrogen (secondary N) is 1. The molecule has 1 unspecified atom stereocenters. The van der Waals surface area contributed by atoms with Gasteiger partial charge in [-0.1, -0.05) is 0 Å². The van der Waals surface area contributed by atoms with Crippen LogP contribution in [0.25, 0.3) is 0 Å². The van der Waals surface area contributed by atoms with E-state index >= 15 is 0 Å². The molecule has 1 atom stereocenters. The molecule has 1 aliphatic heterocycles. The second kappa shape index (κ2) is 6.05.